The van der Waals surface area contributed by atoms with Gasteiger partial charge in [-0.05, 0) is 25.9 Å². The Morgan fingerprint density at radius 3 is 2.82 bits per heavy atom. The van der Waals surface area contributed by atoms with Crippen molar-refractivity contribution >= 4 is 0 Å². The summed E-state index contributed by atoms with van der Waals surface area (Å²) in [5, 5.41) is 6.97. The van der Waals surface area contributed by atoms with E-state index in [4.69, 9.17) is 4.74 Å². The Kier molecular flexibility index (Phi) is 2.11. The molecule has 2 heterocycles. The molecule has 0 aromatic carbocycles. The third-order valence-corrected chi connectivity index (χ3v) is 2.81. The number of piperidine rings is 1. The van der Waals surface area contributed by atoms with E-state index in [1.807, 2.05) is 7.11 Å². The maximum Gasteiger partial charge on any atom is 0.0751 e. The van der Waals surface area contributed by atoms with Crippen molar-refractivity contribution in [2.75, 3.05) is 20.2 Å². The molecule has 0 aromatic heterocycles. The number of hydrogen-bond donors (Lipinski definition) is 2. The van der Waals surface area contributed by atoms with Gasteiger partial charge < -0.3 is 15.4 Å². The van der Waals surface area contributed by atoms with E-state index in [2.05, 4.69) is 10.6 Å². The summed E-state index contributed by atoms with van der Waals surface area (Å²) >= 11 is 0. The molecule has 0 amide bonds. The lowest BCUT2D eigenvalue weighted by atomic mass is 9.97. The maximum atomic E-state index is 5.40. The average Bonchev–Trinajstić information content (AvgIpc) is 2.50. The Morgan fingerprint density at radius 2 is 2.00 bits per heavy atom. The second kappa shape index (κ2) is 3.09. The molecule has 64 valence electrons. The second-order valence-electron chi connectivity index (χ2n) is 3.39. The minimum Gasteiger partial charge on any atom is -0.380 e. The van der Waals surface area contributed by atoms with Crippen molar-refractivity contribution in [2.45, 2.75) is 31.0 Å². The van der Waals surface area contributed by atoms with Crippen molar-refractivity contribution in [1.29, 1.82) is 0 Å². The Labute approximate surface area is 67.5 Å². The number of ether oxygens (including phenoxy) is 1. The standard InChI is InChI=1S/C8H16N2O/c1-11-7-3-5-9-6-2-4-10-8(6)7/h6-10H,2-5H2,1H3. The van der Waals surface area contributed by atoms with Crippen LogP contribution < -0.4 is 10.6 Å². The molecule has 3 heteroatoms. The van der Waals surface area contributed by atoms with Crippen LogP contribution in [0.5, 0.6) is 0 Å². The SMILES string of the molecule is COC1CCNC2CCNC21. The number of rotatable bonds is 1. The zero-order chi connectivity index (χ0) is 7.68. The summed E-state index contributed by atoms with van der Waals surface area (Å²) in [6, 6.07) is 1.22. The highest BCUT2D eigenvalue weighted by Gasteiger charge is 2.35. The Bertz CT molecular complexity index is 140. The molecule has 2 rings (SSSR count). The first-order valence-corrected chi connectivity index (χ1v) is 4.41. The van der Waals surface area contributed by atoms with Crippen LogP contribution in [-0.2, 0) is 4.74 Å². The van der Waals surface area contributed by atoms with Crippen LogP contribution in [0.25, 0.3) is 0 Å². The quantitative estimate of drug-likeness (QED) is 0.548. The fourth-order valence-electron chi connectivity index (χ4n) is 2.20. The van der Waals surface area contributed by atoms with Gasteiger partial charge in [0.05, 0.1) is 6.10 Å². The van der Waals surface area contributed by atoms with Crippen LogP contribution >= 0.6 is 0 Å². The molecular weight excluding hydrogens is 140 g/mol. The molecule has 2 aliphatic rings. The Morgan fingerprint density at radius 1 is 1.18 bits per heavy atom. The summed E-state index contributed by atoms with van der Waals surface area (Å²) in [4.78, 5) is 0. The highest BCUT2D eigenvalue weighted by Crippen LogP contribution is 2.18. The molecule has 0 radical (unpaired) electrons. The van der Waals surface area contributed by atoms with E-state index in [0.29, 0.717) is 18.2 Å². The molecular formula is C8H16N2O. The summed E-state index contributed by atoms with van der Waals surface area (Å²) < 4.78 is 5.40. The number of fused-ring (bicyclic) bond motifs is 1. The van der Waals surface area contributed by atoms with Crippen LogP contribution in [-0.4, -0.2) is 38.4 Å². The second-order valence-corrected chi connectivity index (χ2v) is 3.39. The highest BCUT2D eigenvalue weighted by atomic mass is 16.5. The zero-order valence-corrected chi connectivity index (χ0v) is 6.97. The lowest BCUT2D eigenvalue weighted by Crippen LogP contribution is -2.54. The molecule has 3 unspecified atom stereocenters. The fourth-order valence-corrected chi connectivity index (χ4v) is 2.20. The zero-order valence-electron chi connectivity index (χ0n) is 6.97. The van der Waals surface area contributed by atoms with E-state index < -0.39 is 0 Å². The minimum absolute atomic E-state index is 0.434. The third kappa shape index (κ3) is 1.28. The monoisotopic (exact) mass is 156 g/mol. The molecule has 2 N–H and O–H groups in total. The largest absolute Gasteiger partial charge is 0.380 e. The van der Waals surface area contributed by atoms with Crippen molar-refractivity contribution in [1.82, 2.24) is 10.6 Å². The number of methoxy groups -OCH3 is 1. The van der Waals surface area contributed by atoms with Crippen LogP contribution in [0.4, 0.5) is 0 Å². The lowest BCUT2D eigenvalue weighted by molar-refractivity contribution is 0.0435. The molecule has 3 nitrogen and oxygen atoms in total. The van der Waals surface area contributed by atoms with E-state index in [1.54, 1.807) is 0 Å². The summed E-state index contributed by atoms with van der Waals surface area (Å²) in [6.45, 7) is 2.25. The average molecular weight is 156 g/mol. The van der Waals surface area contributed by atoms with Crippen molar-refractivity contribution in [3.8, 4) is 0 Å². The van der Waals surface area contributed by atoms with Gasteiger partial charge in [-0.3, -0.25) is 0 Å². The first-order chi connectivity index (χ1) is 5.42. The van der Waals surface area contributed by atoms with Crippen LogP contribution in [0.2, 0.25) is 0 Å². The first kappa shape index (κ1) is 7.53. The molecule has 0 saturated carbocycles. The van der Waals surface area contributed by atoms with Crippen molar-refractivity contribution in [3.63, 3.8) is 0 Å². The maximum absolute atomic E-state index is 5.40. The first-order valence-electron chi connectivity index (χ1n) is 4.41. The van der Waals surface area contributed by atoms with E-state index >= 15 is 0 Å². The predicted octanol–water partition coefficient (Wildman–Crippen LogP) is -0.275. The minimum atomic E-state index is 0.434. The van der Waals surface area contributed by atoms with Crippen LogP contribution in [0, 0.1) is 0 Å². The van der Waals surface area contributed by atoms with Crippen molar-refractivity contribution in [3.05, 3.63) is 0 Å². The summed E-state index contributed by atoms with van der Waals surface area (Å²) in [7, 11) is 1.81. The molecule has 0 spiro atoms. The molecule has 11 heavy (non-hydrogen) atoms. The number of hydrogen-bond acceptors (Lipinski definition) is 3. The van der Waals surface area contributed by atoms with Gasteiger partial charge >= 0.3 is 0 Å². The normalized spacial score (nSPS) is 43.9. The fraction of sp³-hybridized carbons (Fsp3) is 1.00. The van der Waals surface area contributed by atoms with Gasteiger partial charge in [0.25, 0.3) is 0 Å². The van der Waals surface area contributed by atoms with Gasteiger partial charge in [-0.1, -0.05) is 0 Å². The van der Waals surface area contributed by atoms with Gasteiger partial charge in [0.2, 0.25) is 0 Å². The molecule has 0 aliphatic carbocycles. The van der Waals surface area contributed by atoms with E-state index in [1.165, 1.54) is 6.42 Å². The topological polar surface area (TPSA) is 33.3 Å². The molecule has 0 bridgehead atoms. The lowest BCUT2D eigenvalue weighted by Gasteiger charge is -2.33. The van der Waals surface area contributed by atoms with Crippen LogP contribution in [0.1, 0.15) is 12.8 Å². The van der Waals surface area contributed by atoms with Crippen molar-refractivity contribution < 1.29 is 4.74 Å². The molecule has 2 saturated heterocycles. The molecule has 3 atom stereocenters. The van der Waals surface area contributed by atoms with Gasteiger partial charge in [0.1, 0.15) is 0 Å². The van der Waals surface area contributed by atoms with E-state index in [9.17, 15) is 0 Å². The van der Waals surface area contributed by atoms with Crippen LogP contribution in [0.3, 0.4) is 0 Å². The highest BCUT2D eigenvalue weighted by molar-refractivity contribution is 4.97. The Hall–Kier alpha value is -0.120. The third-order valence-electron chi connectivity index (χ3n) is 2.81. The van der Waals surface area contributed by atoms with Gasteiger partial charge in [-0.25, -0.2) is 0 Å². The van der Waals surface area contributed by atoms with Gasteiger partial charge in [-0.2, -0.15) is 0 Å². The molecule has 0 aromatic rings. The van der Waals surface area contributed by atoms with Crippen molar-refractivity contribution in [2.24, 2.45) is 0 Å². The summed E-state index contributed by atoms with van der Waals surface area (Å²) in [6.07, 6.45) is 2.83. The smallest absolute Gasteiger partial charge is 0.0751 e. The van der Waals surface area contributed by atoms with E-state index in [0.717, 1.165) is 19.5 Å². The molecule has 2 aliphatic heterocycles. The van der Waals surface area contributed by atoms with Gasteiger partial charge in [0.15, 0.2) is 0 Å². The molecule has 2 fully saturated rings. The van der Waals surface area contributed by atoms with Crippen LogP contribution in [0.15, 0.2) is 0 Å². The van der Waals surface area contributed by atoms with Gasteiger partial charge in [0, 0.05) is 19.2 Å². The van der Waals surface area contributed by atoms with E-state index in [-0.39, 0.29) is 0 Å². The summed E-state index contributed by atoms with van der Waals surface area (Å²) in [5.74, 6) is 0. The number of nitrogens with one attached hydrogen (secondary N) is 2. The Balaban J connectivity index is 2.00. The van der Waals surface area contributed by atoms with Gasteiger partial charge in [-0.15, -0.1) is 0 Å². The summed E-state index contributed by atoms with van der Waals surface area (Å²) in [5.41, 5.74) is 0. The predicted molar refractivity (Wildman–Crippen MR) is 43.6 cm³/mol.